The van der Waals surface area contributed by atoms with Gasteiger partial charge in [-0.15, -0.1) is 6.58 Å². The minimum absolute atomic E-state index is 0.111. The molecule has 0 spiro atoms. The SMILES string of the molecule is C=CCc1ccc(Oc2nc(-c3ccccc3O)nc3ccccc23)c(OC)c1. The molecular weight excluding hydrogens is 364 g/mol. The number of phenolic OH excluding ortho intramolecular Hbond substituents is 1. The average Bonchev–Trinajstić information content (AvgIpc) is 2.75. The van der Waals surface area contributed by atoms with Crippen LogP contribution in [0.15, 0.2) is 79.4 Å². The monoisotopic (exact) mass is 384 g/mol. The van der Waals surface area contributed by atoms with Gasteiger partial charge in [0.1, 0.15) is 5.75 Å². The summed E-state index contributed by atoms with van der Waals surface area (Å²) in [6.45, 7) is 3.77. The predicted molar refractivity (Wildman–Crippen MR) is 114 cm³/mol. The van der Waals surface area contributed by atoms with E-state index in [4.69, 9.17) is 9.47 Å². The number of rotatable bonds is 6. The summed E-state index contributed by atoms with van der Waals surface area (Å²) in [5, 5.41) is 11.0. The van der Waals surface area contributed by atoms with Gasteiger partial charge in [-0.25, -0.2) is 4.98 Å². The largest absolute Gasteiger partial charge is 0.507 e. The number of phenols is 1. The highest BCUT2D eigenvalue weighted by atomic mass is 16.5. The summed E-state index contributed by atoms with van der Waals surface area (Å²) in [4.78, 5) is 9.19. The molecule has 1 N–H and O–H groups in total. The number of aromatic nitrogens is 2. The number of para-hydroxylation sites is 2. The highest BCUT2D eigenvalue weighted by Crippen LogP contribution is 2.36. The Morgan fingerprint density at radius 1 is 0.966 bits per heavy atom. The molecule has 0 aliphatic carbocycles. The van der Waals surface area contributed by atoms with Gasteiger partial charge in [-0.3, -0.25) is 0 Å². The number of hydrogen-bond acceptors (Lipinski definition) is 5. The summed E-state index contributed by atoms with van der Waals surface area (Å²) >= 11 is 0. The van der Waals surface area contributed by atoms with Crippen molar-refractivity contribution >= 4 is 10.9 Å². The number of hydrogen-bond donors (Lipinski definition) is 1. The van der Waals surface area contributed by atoms with Gasteiger partial charge in [0, 0.05) is 0 Å². The van der Waals surface area contributed by atoms with Gasteiger partial charge in [0.05, 0.1) is 23.6 Å². The number of ether oxygens (including phenoxy) is 2. The van der Waals surface area contributed by atoms with Crippen LogP contribution in [0.4, 0.5) is 0 Å². The lowest BCUT2D eigenvalue weighted by Crippen LogP contribution is -1.98. The Kier molecular flexibility index (Phi) is 5.12. The first kappa shape index (κ1) is 18.5. The molecule has 0 atom stereocenters. The van der Waals surface area contributed by atoms with Gasteiger partial charge < -0.3 is 14.6 Å². The number of methoxy groups -OCH3 is 1. The zero-order valence-electron chi connectivity index (χ0n) is 16.0. The summed E-state index contributed by atoms with van der Waals surface area (Å²) in [5.41, 5.74) is 2.33. The predicted octanol–water partition coefficient (Wildman–Crippen LogP) is 5.53. The van der Waals surface area contributed by atoms with Gasteiger partial charge in [0.15, 0.2) is 17.3 Å². The summed E-state index contributed by atoms with van der Waals surface area (Å²) in [7, 11) is 1.60. The van der Waals surface area contributed by atoms with Crippen molar-refractivity contribution in [2.45, 2.75) is 6.42 Å². The van der Waals surface area contributed by atoms with Gasteiger partial charge in [0.25, 0.3) is 0 Å². The molecule has 0 fully saturated rings. The lowest BCUT2D eigenvalue weighted by Gasteiger charge is -2.13. The number of nitrogens with zero attached hydrogens (tertiary/aromatic N) is 2. The van der Waals surface area contributed by atoms with Crippen LogP contribution in [0.1, 0.15) is 5.56 Å². The third-order valence-electron chi connectivity index (χ3n) is 4.53. The highest BCUT2D eigenvalue weighted by Gasteiger charge is 2.15. The molecule has 5 nitrogen and oxygen atoms in total. The fourth-order valence-corrected chi connectivity index (χ4v) is 3.10. The average molecular weight is 384 g/mol. The summed E-state index contributed by atoms with van der Waals surface area (Å²) < 4.78 is 11.7. The van der Waals surface area contributed by atoms with Crippen LogP contribution < -0.4 is 9.47 Å². The first-order valence-corrected chi connectivity index (χ1v) is 9.20. The molecule has 0 bridgehead atoms. The Morgan fingerprint density at radius 3 is 2.55 bits per heavy atom. The second-order valence-corrected chi connectivity index (χ2v) is 6.47. The van der Waals surface area contributed by atoms with Gasteiger partial charge >= 0.3 is 0 Å². The van der Waals surface area contributed by atoms with E-state index >= 15 is 0 Å². The number of allylic oxidation sites excluding steroid dienone is 1. The van der Waals surface area contributed by atoms with Crippen LogP contribution in [0.3, 0.4) is 0 Å². The Hall–Kier alpha value is -3.86. The Labute approximate surface area is 168 Å². The maximum atomic E-state index is 10.2. The number of benzene rings is 3. The molecule has 5 heteroatoms. The number of aromatic hydroxyl groups is 1. The molecule has 0 saturated heterocycles. The molecule has 0 saturated carbocycles. The Morgan fingerprint density at radius 2 is 1.76 bits per heavy atom. The van der Waals surface area contributed by atoms with E-state index in [0.717, 1.165) is 22.9 Å². The molecule has 0 aliphatic rings. The van der Waals surface area contributed by atoms with Crippen molar-refractivity contribution in [3.05, 3.63) is 84.9 Å². The molecule has 0 unspecified atom stereocenters. The zero-order chi connectivity index (χ0) is 20.2. The molecule has 29 heavy (non-hydrogen) atoms. The van der Waals surface area contributed by atoms with Crippen LogP contribution in [-0.4, -0.2) is 22.2 Å². The molecule has 4 aromatic rings. The van der Waals surface area contributed by atoms with Crippen LogP contribution in [0.5, 0.6) is 23.1 Å². The molecule has 1 heterocycles. The smallest absolute Gasteiger partial charge is 0.230 e. The third kappa shape index (κ3) is 3.75. The zero-order valence-corrected chi connectivity index (χ0v) is 16.0. The maximum absolute atomic E-state index is 10.2. The number of fused-ring (bicyclic) bond motifs is 1. The van der Waals surface area contributed by atoms with Gasteiger partial charge in [-0.05, 0) is 48.4 Å². The van der Waals surface area contributed by atoms with Crippen molar-refractivity contribution in [1.82, 2.24) is 9.97 Å². The summed E-state index contributed by atoms with van der Waals surface area (Å²) in [5.74, 6) is 2.05. The Bertz CT molecular complexity index is 1190. The van der Waals surface area contributed by atoms with E-state index in [-0.39, 0.29) is 5.75 Å². The normalized spacial score (nSPS) is 10.7. The van der Waals surface area contributed by atoms with Crippen LogP contribution >= 0.6 is 0 Å². The first-order valence-electron chi connectivity index (χ1n) is 9.20. The second-order valence-electron chi connectivity index (χ2n) is 6.47. The minimum Gasteiger partial charge on any atom is -0.507 e. The highest BCUT2D eigenvalue weighted by molar-refractivity contribution is 5.86. The molecule has 0 aliphatic heterocycles. The van der Waals surface area contributed by atoms with E-state index < -0.39 is 0 Å². The third-order valence-corrected chi connectivity index (χ3v) is 4.53. The Balaban J connectivity index is 1.83. The quantitative estimate of drug-likeness (QED) is 0.443. The van der Waals surface area contributed by atoms with Crippen molar-refractivity contribution in [2.75, 3.05) is 7.11 Å². The molecule has 4 rings (SSSR count). The van der Waals surface area contributed by atoms with Gasteiger partial charge in [-0.2, -0.15) is 4.98 Å². The second kappa shape index (κ2) is 8.02. The van der Waals surface area contributed by atoms with Crippen LogP contribution in [0.2, 0.25) is 0 Å². The van der Waals surface area contributed by atoms with Gasteiger partial charge in [0.2, 0.25) is 5.88 Å². The van der Waals surface area contributed by atoms with E-state index in [0.29, 0.717) is 28.8 Å². The van der Waals surface area contributed by atoms with Crippen LogP contribution in [-0.2, 0) is 6.42 Å². The van der Waals surface area contributed by atoms with Crippen molar-refractivity contribution < 1.29 is 14.6 Å². The van der Waals surface area contributed by atoms with E-state index in [1.165, 1.54) is 0 Å². The summed E-state index contributed by atoms with van der Waals surface area (Å²) in [6, 6.07) is 20.3. The van der Waals surface area contributed by atoms with E-state index in [1.54, 1.807) is 25.3 Å². The molecule has 1 aromatic heterocycles. The standard InChI is InChI=1S/C24H20N2O3/c1-3-8-16-13-14-21(22(15-16)28-2)29-24-17-9-4-6-11-19(17)25-23(26-24)18-10-5-7-12-20(18)27/h3-7,9-15,27H,1,8H2,2H3. The van der Waals surface area contributed by atoms with E-state index in [2.05, 4.69) is 16.5 Å². The molecular formula is C24H20N2O3. The van der Waals surface area contributed by atoms with Crippen LogP contribution in [0.25, 0.3) is 22.3 Å². The molecule has 3 aromatic carbocycles. The summed E-state index contributed by atoms with van der Waals surface area (Å²) in [6.07, 6.45) is 2.58. The van der Waals surface area contributed by atoms with Crippen molar-refractivity contribution in [3.8, 4) is 34.5 Å². The topological polar surface area (TPSA) is 64.5 Å². The van der Waals surface area contributed by atoms with Crippen molar-refractivity contribution in [2.24, 2.45) is 0 Å². The molecule has 0 radical (unpaired) electrons. The van der Waals surface area contributed by atoms with Crippen molar-refractivity contribution in [1.29, 1.82) is 0 Å². The lowest BCUT2D eigenvalue weighted by molar-refractivity contribution is 0.375. The first-order chi connectivity index (χ1) is 14.2. The van der Waals surface area contributed by atoms with Crippen LogP contribution in [0, 0.1) is 0 Å². The van der Waals surface area contributed by atoms with E-state index in [9.17, 15) is 5.11 Å². The van der Waals surface area contributed by atoms with E-state index in [1.807, 2.05) is 54.6 Å². The van der Waals surface area contributed by atoms with Crippen molar-refractivity contribution in [3.63, 3.8) is 0 Å². The molecule has 144 valence electrons. The fourth-order valence-electron chi connectivity index (χ4n) is 3.10. The fraction of sp³-hybridized carbons (Fsp3) is 0.0833. The maximum Gasteiger partial charge on any atom is 0.230 e. The van der Waals surface area contributed by atoms with Gasteiger partial charge in [-0.1, -0.05) is 36.4 Å². The minimum atomic E-state index is 0.111. The molecule has 0 amide bonds. The lowest BCUT2D eigenvalue weighted by atomic mass is 10.1.